The molecule has 2 aromatic rings. The summed E-state index contributed by atoms with van der Waals surface area (Å²) >= 11 is 3.21. The second-order valence-electron chi connectivity index (χ2n) is 3.68. The van der Waals surface area contributed by atoms with Crippen LogP contribution in [0.3, 0.4) is 0 Å². The third-order valence-electron chi connectivity index (χ3n) is 2.44. The molecule has 6 heteroatoms. The molecule has 0 saturated carbocycles. The average molecular weight is 323 g/mol. The number of nitrogens with zero attached hydrogens (tertiary/aromatic N) is 1. The summed E-state index contributed by atoms with van der Waals surface area (Å²) in [5, 5.41) is 12.3. The summed E-state index contributed by atoms with van der Waals surface area (Å²) in [6.45, 7) is 0. The lowest BCUT2D eigenvalue weighted by Gasteiger charge is -2.08. The third-order valence-corrected chi connectivity index (χ3v) is 3.07. The van der Waals surface area contributed by atoms with Crippen LogP contribution in [0.4, 0.5) is 5.69 Å². The highest BCUT2D eigenvalue weighted by Crippen LogP contribution is 2.28. The molecule has 1 heterocycles. The molecule has 0 saturated heterocycles. The Labute approximate surface area is 118 Å². The van der Waals surface area contributed by atoms with Crippen LogP contribution < -0.4 is 10.1 Å². The van der Waals surface area contributed by atoms with Gasteiger partial charge in [0.05, 0.1) is 12.7 Å². The number of phenols is 1. The minimum Gasteiger partial charge on any atom is -0.504 e. The highest BCUT2D eigenvalue weighted by Gasteiger charge is 2.11. The standard InChI is InChI=1S/C13H11BrN2O3/c1-19-11-5-4-8(7-10(11)17)16-13(18)9-3-2-6-15-12(9)14/h2-7,17H,1H3,(H,16,18). The van der Waals surface area contributed by atoms with Crippen LogP contribution in [-0.2, 0) is 0 Å². The van der Waals surface area contributed by atoms with Crippen molar-refractivity contribution in [3.63, 3.8) is 0 Å². The van der Waals surface area contributed by atoms with Crippen molar-refractivity contribution in [2.75, 3.05) is 12.4 Å². The highest BCUT2D eigenvalue weighted by atomic mass is 79.9. The van der Waals surface area contributed by atoms with E-state index in [1.807, 2.05) is 0 Å². The monoisotopic (exact) mass is 322 g/mol. The zero-order valence-electron chi connectivity index (χ0n) is 10.1. The second kappa shape index (κ2) is 5.71. The molecule has 0 fully saturated rings. The maximum Gasteiger partial charge on any atom is 0.258 e. The van der Waals surface area contributed by atoms with Crippen LogP contribution in [0.5, 0.6) is 11.5 Å². The van der Waals surface area contributed by atoms with Crippen LogP contribution in [-0.4, -0.2) is 23.1 Å². The van der Waals surface area contributed by atoms with E-state index in [1.54, 1.807) is 30.5 Å². The lowest BCUT2D eigenvalue weighted by molar-refractivity contribution is 0.102. The molecular weight excluding hydrogens is 312 g/mol. The van der Waals surface area contributed by atoms with E-state index in [4.69, 9.17) is 4.74 Å². The predicted molar refractivity (Wildman–Crippen MR) is 74.5 cm³/mol. The van der Waals surface area contributed by atoms with Gasteiger partial charge in [-0.05, 0) is 40.2 Å². The van der Waals surface area contributed by atoms with E-state index in [9.17, 15) is 9.90 Å². The van der Waals surface area contributed by atoms with Gasteiger partial charge in [0.15, 0.2) is 11.5 Å². The number of hydrogen-bond acceptors (Lipinski definition) is 4. The number of nitrogens with one attached hydrogen (secondary N) is 1. The van der Waals surface area contributed by atoms with Gasteiger partial charge in [0.25, 0.3) is 5.91 Å². The van der Waals surface area contributed by atoms with Crippen molar-refractivity contribution < 1.29 is 14.6 Å². The first-order valence-electron chi connectivity index (χ1n) is 5.40. The summed E-state index contributed by atoms with van der Waals surface area (Å²) in [6.07, 6.45) is 1.58. The maximum absolute atomic E-state index is 12.0. The molecule has 98 valence electrons. The number of halogens is 1. The van der Waals surface area contributed by atoms with Crippen LogP contribution in [0.15, 0.2) is 41.1 Å². The number of hydrogen-bond donors (Lipinski definition) is 2. The fraction of sp³-hybridized carbons (Fsp3) is 0.0769. The van der Waals surface area contributed by atoms with Gasteiger partial charge >= 0.3 is 0 Å². The first kappa shape index (κ1) is 13.4. The van der Waals surface area contributed by atoms with E-state index in [1.165, 1.54) is 13.2 Å². The predicted octanol–water partition coefficient (Wildman–Crippen LogP) is 2.81. The molecule has 1 aromatic heterocycles. The third kappa shape index (κ3) is 3.03. The smallest absolute Gasteiger partial charge is 0.258 e. The zero-order chi connectivity index (χ0) is 13.8. The molecule has 1 aromatic carbocycles. The van der Waals surface area contributed by atoms with Crippen molar-refractivity contribution in [2.45, 2.75) is 0 Å². The summed E-state index contributed by atoms with van der Waals surface area (Å²) in [6, 6.07) is 7.95. The number of benzene rings is 1. The number of ether oxygens (including phenoxy) is 1. The number of methoxy groups -OCH3 is 1. The number of pyridine rings is 1. The molecule has 0 spiro atoms. The van der Waals surface area contributed by atoms with Crippen LogP contribution >= 0.6 is 15.9 Å². The normalized spacial score (nSPS) is 10.0. The Kier molecular flexibility index (Phi) is 4.01. The quantitative estimate of drug-likeness (QED) is 0.852. The van der Waals surface area contributed by atoms with Crippen molar-refractivity contribution in [2.24, 2.45) is 0 Å². The minimum atomic E-state index is -0.315. The van der Waals surface area contributed by atoms with Gasteiger partial charge < -0.3 is 15.2 Å². The van der Waals surface area contributed by atoms with Crippen molar-refractivity contribution in [1.82, 2.24) is 4.98 Å². The van der Waals surface area contributed by atoms with Gasteiger partial charge in [0, 0.05) is 18.0 Å². The lowest BCUT2D eigenvalue weighted by atomic mass is 10.2. The van der Waals surface area contributed by atoms with E-state index in [0.29, 0.717) is 21.6 Å². The Morgan fingerprint density at radius 2 is 2.21 bits per heavy atom. The molecule has 1 amide bonds. The Balaban J connectivity index is 2.20. The molecule has 5 nitrogen and oxygen atoms in total. The molecule has 0 bridgehead atoms. The van der Waals surface area contributed by atoms with Gasteiger partial charge in [-0.2, -0.15) is 0 Å². The van der Waals surface area contributed by atoms with Gasteiger partial charge in [-0.1, -0.05) is 0 Å². The molecule has 0 aliphatic heterocycles. The number of amides is 1. The number of aromatic nitrogens is 1. The number of rotatable bonds is 3. The molecule has 19 heavy (non-hydrogen) atoms. The van der Waals surface area contributed by atoms with Crippen molar-refractivity contribution in [3.05, 3.63) is 46.7 Å². The van der Waals surface area contributed by atoms with Crippen LogP contribution in [0.25, 0.3) is 0 Å². The van der Waals surface area contributed by atoms with Crippen LogP contribution in [0.1, 0.15) is 10.4 Å². The Morgan fingerprint density at radius 3 is 2.84 bits per heavy atom. The van der Waals surface area contributed by atoms with E-state index < -0.39 is 0 Å². The summed E-state index contributed by atoms with van der Waals surface area (Å²) in [4.78, 5) is 16.0. The summed E-state index contributed by atoms with van der Waals surface area (Å²) in [7, 11) is 1.46. The van der Waals surface area contributed by atoms with Gasteiger partial charge in [0.1, 0.15) is 4.60 Å². The fourth-order valence-corrected chi connectivity index (χ4v) is 1.95. The van der Waals surface area contributed by atoms with Crippen molar-refractivity contribution >= 4 is 27.5 Å². The zero-order valence-corrected chi connectivity index (χ0v) is 11.6. The molecular formula is C13H11BrN2O3. The molecule has 2 N–H and O–H groups in total. The number of carbonyl (C=O) groups excluding carboxylic acids is 1. The van der Waals surface area contributed by atoms with Crippen LogP contribution in [0.2, 0.25) is 0 Å². The molecule has 0 atom stereocenters. The summed E-state index contributed by atoms with van der Waals surface area (Å²) in [5.41, 5.74) is 0.886. The second-order valence-corrected chi connectivity index (χ2v) is 4.43. The highest BCUT2D eigenvalue weighted by molar-refractivity contribution is 9.10. The molecule has 0 unspecified atom stereocenters. The van der Waals surface area contributed by atoms with Crippen LogP contribution in [0, 0.1) is 0 Å². The van der Waals surface area contributed by atoms with Gasteiger partial charge in [-0.25, -0.2) is 4.98 Å². The Bertz CT molecular complexity index is 617. The Hall–Kier alpha value is -2.08. The van der Waals surface area contributed by atoms with Gasteiger partial charge in [0.2, 0.25) is 0 Å². The van der Waals surface area contributed by atoms with Gasteiger partial charge in [-0.3, -0.25) is 4.79 Å². The lowest BCUT2D eigenvalue weighted by Crippen LogP contribution is -2.12. The first-order chi connectivity index (χ1) is 9.11. The van der Waals surface area contributed by atoms with Crippen molar-refractivity contribution in [1.29, 1.82) is 0 Å². The Morgan fingerprint density at radius 1 is 1.42 bits per heavy atom. The molecule has 0 aliphatic carbocycles. The van der Waals surface area contributed by atoms with E-state index in [0.717, 1.165) is 0 Å². The largest absolute Gasteiger partial charge is 0.504 e. The molecule has 2 rings (SSSR count). The van der Waals surface area contributed by atoms with Crippen molar-refractivity contribution in [3.8, 4) is 11.5 Å². The number of aromatic hydroxyl groups is 1. The number of anilines is 1. The molecule has 0 radical (unpaired) electrons. The van der Waals surface area contributed by atoms with E-state index in [2.05, 4.69) is 26.2 Å². The topological polar surface area (TPSA) is 71.5 Å². The maximum atomic E-state index is 12.0. The number of phenolic OH excluding ortho intramolecular Hbond substituents is 1. The van der Waals surface area contributed by atoms with E-state index in [-0.39, 0.29) is 11.7 Å². The summed E-state index contributed by atoms with van der Waals surface area (Å²) in [5.74, 6) is -0.00403. The summed E-state index contributed by atoms with van der Waals surface area (Å²) < 4.78 is 5.39. The minimum absolute atomic E-state index is 0.0365. The first-order valence-corrected chi connectivity index (χ1v) is 6.20. The van der Waals surface area contributed by atoms with Gasteiger partial charge in [-0.15, -0.1) is 0 Å². The van der Waals surface area contributed by atoms with E-state index >= 15 is 0 Å². The average Bonchev–Trinajstić information content (AvgIpc) is 2.39. The fourth-order valence-electron chi connectivity index (χ4n) is 1.52. The SMILES string of the molecule is COc1ccc(NC(=O)c2cccnc2Br)cc1O. The molecule has 0 aliphatic rings. The number of carbonyl (C=O) groups is 1.